The van der Waals surface area contributed by atoms with Crippen LogP contribution in [0.4, 0.5) is 4.79 Å². The molecular formula is C20H25NO6S. The van der Waals surface area contributed by atoms with Crippen molar-refractivity contribution in [1.29, 1.82) is 0 Å². The third-order valence-corrected chi connectivity index (χ3v) is 5.64. The predicted molar refractivity (Wildman–Crippen MR) is 103 cm³/mol. The molecule has 152 valence electrons. The first-order valence-electron chi connectivity index (χ1n) is 8.73. The third-order valence-electron chi connectivity index (χ3n) is 3.66. The monoisotopic (exact) mass is 407 g/mol. The van der Waals surface area contributed by atoms with E-state index in [2.05, 4.69) is 0 Å². The van der Waals surface area contributed by atoms with Gasteiger partial charge in [-0.3, -0.25) is 5.21 Å². The van der Waals surface area contributed by atoms with E-state index in [0.717, 1.165) is 5.56 Å². The quantitative estimate of drug-likeness (QED) is 0.556. The third kappa shape index (κ3) is 6.05. The predicted octanol–water partition coefficient (Wildman–Crippen LogP) is 3.63. The molecule has 28 heavy (non-hydrogen) atoms. The number of rotatable bonds is 7. The van der Waals surface area contributed by atoms with Crippen molar-refractivity contribution in [3.05, 3.63) is 66.2 Å². The Kier molecular flexibility index (Phi) is 7.17. The Morgan fingerprint density at radius 2 is 1.57 bits per heavy atom. The van der Waals surface area contributed by atoms with Crippen molar-refractivity contribution in [3.8, 4) is 0 Å². The van der Waals surface area contributed by atoms with Crippen molar-refractivity contribution in [3.63, 3.8) is 0 Å². The Balaban J connectivity index is 2.23. The fraction of sp³-hybridized carbons (Fsp3) is 0.350. The average Bonchev–Trinajstić information content (AvgIpc) is 2.65. The van der Waals surface area contributed by atoms with Crippen molar-refractivity contribution in [2.75, 3.05) is 6.61 Å². The molecule has 0 fully saturated rings. The molecule has 0 aromatic heterocycles. The maximum absolute atomic E-state index is 13.0. The fourth-order valence-electron chi connectivity index (χ4n) is 2.34. The zero-order chi connectivity index (χ0) is 20.8. The van der Waals surface area contributed by atoms with Crippen molar-refractivity contribution >= 4 is 15.9 Å². The van der Waals surface area contributed by atoms with Crippen LogP contribution in [0.2, 0.25) is 0 Å². The number of carbonyl (C=O) groups is 1. The molecule has 0 aliphatic carbocycles. The highest BCUT2D eigenvalue weighted by atomic mass is 32.2. The van der Waals surface area contributed by atoms with Gasteiger partial charge in [0.05, 0.1) is 18.1 Å². The van der Waals surface area contributed by atoms with E-state index in [1.807, 2.05) is 30.3 Å². The van der Waals surface area contributed by atoms with Crippen LogP contribution < -0.4 is 0 Å². The number of ether oxygens (including phenoxy) is 2. The van der Waals surface area contributed by atoms with E-state index in [1.165, 1.54) is 12.1 Å². The summed E-state index contributed by atoms with van der Waals surface area (Å²) in [5, 5.41) is 8.76. The van der Waals surface area contributed by atoms with Crippen LogP contribution in [-0.2, 0) is 25.9 Å². The summed E-state index contributed by atoms with van der Waals surface area (Å²) in [5.74, 6) is 0. The summed E-state index contributed by atoms with van der Waals surface area (Å²) in [7, 11) is -4.11. The van der Waals surface area contributed by atoms with Crippen LogP contribution in [0.5, 0.6) is 0 Å². The van der Waals surface area contributed by atoms with E-state index in [0.29, 0.717) is 0 Å². The first kappa shape index (κ1) is 21.9. The second-order valence-corrected chi connectivity index (χ2v) is 9.24. The van der Waals surface area contributed by atoms with Gasteiger partial charge in [0.2, 0.25) is 9.84 Å². The number of amides is 1. The van der Waals surface area contributed by atoms with Crippen LogP contribution in [0.3, 0.4) is 0 Å². The van der Waals surface area contributed by atoms with Crippen LogP contribution in [-0.4, -0.2) is 42.4 Å². The largest absolute Gasteiger partial charge is 0.442 e. The Bertz CT molecular complexity index is 863. The molecule has 0 aliphatic rings. The molecule has 8 heteroatoms. The van der Waals surface area contributed by atoms with Crippen molar-refractivity contribution in [1.82, 2.24) is 5.06 Å². The van der Waals surface area contributed by atoms with E-state index in [1.54, 1.807) is 39.0 Å². The summed E-state index contributed by atoms with van der Waals surface area (Å²) in [6.07, 6.45) is -1.17. The smallest absolute Gasteiger partial charge is 0.435 e. The van der Waals surface area contributed by atoms with Crippen LogP contribution in [0, 0.1) is 0 Å². The van der Waals surface area contributed by atoms with Gasteiger partial charge in [0.1, 0.15) is 5.60 Å². The highest BCUT2D eigenvalue weighted by molar-refractivity contribution is 7.92. The average molecular weight is 407 g/mol. The Hall–Kier alpha value is -2.42. The Morgan fingerprint density at radius 1 is 1.04 bits per heavy atom. The van der Waals surface area contributed by atoms with Gasteiger partial charge in [-0.05, 0) is 38.5 Å². The number of benzene rings is 2. The molecule has 0 saturated heterocycles. The van der Waals surface area contributed by atoms with Gasteiger partial charge < -0.3 is 9.47 Å². The molecule has 1 atom stereocenters. The number of carbonyl (C=O) groups excluding carboxylic acids is 1. The fourth-order valence-corrected chi connectivity index (χ4v) is 3.81. The standard InChI is InChI=1S/C20H25NO6S/c1-20(2,3)27-19(22)21(23)18(15-26-14-16-10-6-4-7-11-16)28(24,25)17-12-8-5-9-13-17/h4-13,18,23H,14-15H2,1-3H3. The van der Waals surface area contributed by atoms with Gasteiger partial charge in [0.15, 0.2) is 5.37 Å². The Morgan fingerprint density at radius 3 is 2.11 bits per heavy atom. The lowest BCUT2D eigenvalue weighted by Gasteiger charge is -2.28. The summed E-state index contributed by atoms with van der Waals surface area (Å²) in [6.45, 7) is 4.55. The normalized spacial score (nSPS) is 13.0. The molecule has 2 rings (SSSR count). The lowest BCUT2D eigenvalue weighted by Crippen LogP contribution is -2.47. The maximum Gasteiger partial charge on any atom is 0.435 e. The molecule has 1 N–H and O–H groups in total. The van der Waals surface area contributed by atoms with Gasteiger partial charge in [-0.15, -0.1) is 0 Å². The van der Waals surface area contributed by atoms with Gasteiger partial charge in [-0.1, -0.05) is 48.5 Å². The molecule has 1 unspecified atom stereocenters. The van der Waals surface area contributed by atoms with E-state index in [9.17, 15) is 18.4 Å². The Labute approximate surface area is 165 Å². The minimum atomic E-state index is -4.11. The summed E-state index contributed by atoms with van der Waals surface area (Å²) >= 11 is 0. The van der Waals surface area contributed by atoms with Gasteiger partial charge in [0, 0.05) is 0 Å². The van der Waals surface area contributed by atoms with Crippen molar-refractivity contribution in [2.45, 2.75) is 43.2 Å². The SMILES string of the molecule is CC(C)(C)OC(=O)N(O)C(COCc1ccccc1)S(=O)(=O)c1ccccc1. The molecule has 2 aromatic carbocycles. The summed E-state index contributed by atoms with van der Waals surface area (Å²) < 4.78 is 36.6. The molecule has 0 heterocycles. The molecule has 7 nitrogen and oxygen atoms in total. The van der Waals surface area contributed by atoms with E-state index < -0.39 is 33.5 Å². The lowest BCUT2D eigenvalue weighted by atomic mass is 10.2. The molecule has 0 spiro atoms. The summed E-state index contributed by atoms with van der Waals surface area (Å²) in [5.41, 5.74) is -0.0654. The number of sulfone groups is 1. The molecule has 1 amide bonds. The highest BCUT2D eigenvalue weighted by Gasteiger charge is 2.38. The maximum atomic E-state index is 13.0. The van der Waals surface area contributed by atoms with Gasteiger partial charge in [-0.25, -0.2) is 13.2 Å². The van der Waals surface area contributed by atoms with Crippen molar-refractivity contribution in [2.24, 2.45) is 0 Å². The molecule has 0 aliphatic heterocycles. The second-order valence-electron chi connectivity index (χ2n) is 7.14. The topological polar surface area (TPSA) is 93.1 Å². The number of hydroxylamine groups is 2. The van der Waals surface area contributed by atoms with E-state index >= 15 is 0 Å². The van der Waals surface area contributed by atoms with Gasteiger partial charge in [-0.2, -0.15) is 5.06 Å². The van der Waals surface area contributed by atoms with Crippen LogP contribution >= 0.6 is 0 Å². The lowest BCUT2D eigenvalue weighted by molar-refractivity contribution is -0.115. The van der Waals surface area contributed by atoms with Gasteiger partial charge in [0.25, 0.3) is 0 Å². The molecule has 0 saturated carbocycles. The number of nitrogens with zero attached hydrogens (tertiary/aromatic N) is 1. The van der Waals surface area contributed by atoms with E-state index in [-0.39, 0.29) is 16.6 Å². The summed E-state index contributed by atoms with van der Waals surface area (Å²) in [6, 6.07) is 16.7. The molecular weight excluding hydrogens is 382 g/mol. The second kappa shape index (κ2) is 9.18. The molecule has 0 radical (unpaired) electrons. The zero-order valence-electron chi connectivity index (χ0n) is 16.1. The van der Waals surface area contributed by atoms with Crippen LogP contribution in [0.25, 0.3) is 0 Å². The van der Waals surface area contributed by atoms with E-state index in [4.69, 9.17) is 9.47 Å². The molecule has 2 aromatic rings. The van der Waals surface area contributed by atoms with Crippen LogP contribution in [0.1, 0.15) is 26.3 Å². The number of hydrogen-bond acceptors (Lipinski definition) is 6. The van der Waals surface area contributed by atoms with Gasteiger partial charge >= 0.3 is 6.09 Å². The first-order chi connectivity index (χ1) is 13.1. The minimum absolute atomic E-state index is 0.0362. The summed E-state index contributed by atoms with van der Waals surface area (Å²) in [4.78, 5) is 12.2. The minimum Gasteiger partial charge on any atom is -0.442 e. The molecule has 0 bridgehead atoms. The van der Waals surface area contributed by atoms with Crippen LogP contribution in [0.15, 0.2) is 65.6 Å². The first-order valence-corrected chi connectivity index (χ1v) is 10.3. The number of hydrogen-bond donors (Lipinski definition) is 1. The highest BCUT2D eigenvalue weighted by Crippen LogP contribution is 2.21. The van der Waals surface area contributed by atoms with Crippen molar-refractivity contribution < 1.29 is 27.9 Å². The zero-order valence-corrected chi connectivity index (χ0v) is 16.9.